The van der Waals surface area contributed by atoms with Gasteiger partial charge in [-0.25, -0.2) is 0 Å². The zero-order valence-corrected chi connectivity index (χ0v) is 14.1. The Morgan fingerprint density at radius 2 is 1.65 bits per heavy atom. The topological polar surface area (TPSA) is 21.7 Å². The van der Waals surface area contributed by atoms with Crippen LogP contribution in [0.1, 0.15) is 63.4 Å². The third kappa shape index (κ3) is 3.50. The van der Waals surface area contributed by atoms with Crippen LogP contribution in [0.15, 0.2) is 18.2 Å². The lowest BCUT2D eigenvalue weighted by Gasteiger charge is -2.39. The molecule has 1 unspecified atom stereocenters. The number of benzene rings is 1. The van der Waals surface area contributed by atoms with E-state index in [1.165, 1.54) is 69.9 Å². The van der Waals surface area contributed by atoms with Gasteiger partial charge in [0.05, 0.1) is 0 Å². The average molecular weight is 315 g/mol. The Hall–Kier alpha value is -1.22. The van der Waals surface area contributed by atoms with Crippen molar-refractivity contribution in [1.29, 1.82) is 0 Å². The summed E-state index contributed by atoms with van der Waals surface area (Å²) in [5.74, 6) is 1.83. The first-order valence-electron chi connectivity index (χ1n) is 9.54. The molecule has 1 atom stereocenters. The molecule has 3 heteroatoms. The maximum Gasteiger partial charge on any atom is 0.231 e. The Balaban J connectivity index is 1.49. The van der Waals surface area contributed by atoms with Crippen LogP contribution in [0.2, 0.25) is 0 Å². The van der Waals surface area contributed by atoms with Crippen molar-refractivity contribution >= 4 is 0 Å². The Morgan fingerprint density at radius 3 is 2.57 bits per heavy atom. The van der Waals surface area contributed by atoms with E-state index in [1.54, 1.807) is 0 Å². The fourth-order valence-electron chi connectivity index (χ4n) is 4.65. The van der Waals surface area contributed by atoms with Gasteiger partial charge >= 0.3 is 0 Å². The molecule has 126 valence electrons. The highest BCUT2D eigenvalue weighted by Gasteiger charge is 2.29. The zero-order chi connectivity index (χ0) is 15.5. The van der Waals surface area contributed by atoms with Crippen LogP contribution in [0.3, 0.4) is 0 Å². The van der Waals surface area contributed by atoms with E-state index in [9.17, 15) is 0 Å². The molecular weight excluding hydrogens is 286 g/mol. The second-order valence-corrected chi connectivity index (χ2v) is 7.42. The largest absolute Gasteiger partial charge is 0.454 e. The molecule has 0 radical (unpaired) electrons. The first kappa shape index (κ1) is 15.3. The second kappa shape index (κ2) is 7.12. The van der Waals surface area contributed by atoms with Crippen molar-refractivity contribution in [3.8, 4) is 11.5 Å². The molecule has 23 heavy (non-hydrogen) atoms. The van der Waals surface area contributed by atoms with E-state index in [1.807, 2.05) is 0 Å². The molecule has 0 bridgehead atoms. The molecule has 4 rings (SSSR count). The summed E-state index contributed by atoms with van der Waals surface area (Å²) < 4.78 is 11.0. The molecule has 1 aromatic carbocycles. The summed E-state index contributed by atoms with van der Waals surface area (Å²) >= 11 is 0. The maximum atomic E-state index is 5.56. The zero-order valence-electron chi connectivity index (χ0n) is 14.1. The lowest BCUT2D eigenvalue weighted by molar-refractivity contribution is 0.106. The minimum absolute atomic E-state index is 0.371. The van der Waals surface area contributed by atoms with Crippen molar-refractivity contribution in [3.05, 3.63) is 23.8 Å². The van der Waals surface area contributed by atoms with Crippen LogP contribution in [-0.2, 0) is 6.42 Å². The van der Waals surface area contributed by atoms with Crippen molar-refractivity contribution < 1.29 is 9.47 Å². The Morgan fingerprint density at radius 1 is 0.870 bits per heavy atom. The number of rotatable bonds is 3. The minimum atomic E-state index is 0.371. The van der Waals surface area contributed by atoms with E-state index < -0.39 is 0 Å². The van der Waals surface area contributed by atoms with Crippen molar-refractivity contribution in [2.75, 3.05) is 13.3 Å². The summed E-state index contributed by atoms with van der Waals surface area (Å²) in [5.41, 5.74) is 1.40. The number of hydrogen-bond donors (Lipinski definition) is 0. The van der Waals surface area contributed by atoms with E-state index in [2.05, 4.69) is 23.1 Å². The van der Waals surface area contributed by atoms with Crippen LogP contribution in [0, 0.1) is 0 Å². The quantitative estimate of drug-likeness (QED) is 0.817. The molecule has 2 aliphatic heterocycles. The van der Waals surface area contributed by atoms with Gasteiger partial charge in [-0.2, -0.15) is 0 Å². The van der Waals surface area contributed by atoms with Gasteiger partial charge in [0.15, 0.2) is 11.5 Å². The molecule has 0 spiro atoms. The molecule has 3 aliphatic rings. The fraction of sp³-hybridized carbons (Fsp3) is 0.700. The van der Waals surface area contributed by atoms with E-state index >= 15 is 0 Å². The van der Waals surface area contributed by atoms with Gasteiger partial charge in [-0.05, 0) is 56.3 Å². The highest BCUT2D eigenvalue weighted by Crippen LogP contribution is 2.34. The van der Waals surface area contributed by atoms with Crippen molar-refractivity contribution in [2.24, 2.45) is 0 Å². The molecule has 1 saturated heterocycles. The Bertz CT molecular complexity index is 524. The molecule has 0 aromatic heterocycles. The third-order valence-electron chi connectivity index (χ3n) is 5.87. The van der Waals surface area contributed by atoms with Gasteiger partial charge in [0, 0.05) is 12.1 Å². The van der Waals surface area contributed by atoms with Gasteiger partial charge in [0.25, 0.3) is 0 Å². The third-order valence-corrected chi connectivity index (χ3v) is 5.87. The molecule has 1 aromatic rings. The lowest BCUT2D eigenvalue weighted by Crippen LogP contribution is -2.45. The number of fused-ring (bicyclic) bond motifs is 1. The highest BCUT2D eigenvalue weighted by molar-refractivity contribution is 5.44. The smallest absolute Gasteiger partial charge is 0.231 e. The SMILES string of the molecule is c1cc2c(cc1CC1CCCCCN1C1CCCCC1)OCO2. The predicted octanol–water partition coefficient (Wildman–Crippen LogP) is 4.54. The highest BCUT2D eigenvalue weighted by atomic mass is 16.7. The van der Waals surface area contributed by atoms with Crippen molar-refractivity contribution in [2.45, 2.75) is 76.3 Å². The van der Waals surface area contributed by atoms with Crippen LogP contribution in [0.4, 0.5) is 0 Å². The molecule has 2 heterocycles. The predicted molar refractivity (Wildman–Crippen MR) is 92.1 cm³/mol. The standard InChI is InChI=1S/C20H29NO2/c1-3-7-17(8-4-1)21-12-6-2-5-9-18(21)13-16-10-11-19-20(14-16)23-15-22-19/h10-11,14,17-18H,1-9,12-13,15H2. The van der Waals surface area contributed by atoms with Gasteiger partial charge in [-0.3, -0.25) is 4.90 Å². The van der Waals surface area contributed by atoms with Crippen LogP contribution in [0.25, 0.3) is 0 Å². The van der Waals surface area contributed by atoms with Gasteiger partial charge in [0.2, 0.25) is 6.79 Å². The van der Waals surface area contributed by atoms with Crippen LogP contribution < -0.4 is 9.47 Å². The summed E-state index contributed by atoms with van der Waals surface area (Å²) in [6.07, 6.45) is 13.8. The summed E-state index contributed by atoms with van der Waals surface area (Å²) in [4.78, 5) is 2.87. The molecule has 1 aliphatic carbocycles. The van der Waals surface area contributed by atoms with Crippen LogP contribution >= 0.6 is 0 Å². The normalized spacial score (nSPS) is 26.2. The molecule has 3 nitrogen and oxygen atoms in total. The van der Waals surface area contributed by atoms with E-state index in [-0.39, 0.29) is 0 Å². The van der Waals surface area contributed by atoms with Crippen molar-refractivity contribution in [1.82, 2.24) is 4.90 Å². The number of likely N-dealkylation sites (tertiary alicyclic amines) is 1. The average Bonchev–Trinajstić information content (AvgIpc) is 2.94. The first-order valence-corrected chi connectivity index (χ1v) is 9.54. The summed E-state index contributed by atoms with van der Waals surface area (Å²) in [5, 5.41) is 0. The van der Waals surface area contributed by atoms with E-state index in [0.29, 0.717) is 12.8 Å². The first-order chi connectivity index (χ1) is 11.4. The molecule has 0 N–H and O–H groups in total. The molecule has 1 saturated carbocycles. The minimum Gasteiger partial charge on any atom is -0.454 e. The Kier molecular flexibility index (Phi) is 4.74. The Labute approximate surface area is 140 Å². The maximum absolute atomic E-state index is 5.56. The molecule has 2 fully saturated rings. The summed E-state index contributed by atoms with van der Waals surface area (Å²) in [7, 11) is 0. The molecular formula is C20H29NO2. The fourth-order valence-corrected chi connectivity index (χ4v) is 4.65. The van der Waals surface area contributed by atoms with Gasteiger partial charge < -0.3 is 9.47 Å². The monoisotopic (exact) mass is 315 g/mol. The lowest BCUT2D eigenvalue weighted by atomic mass is 9.91. The van der Waals surface area contributed by atoms with E-state index in [0.717, 1.165) is 24.0 Å². The summed E-state index contributed by atoms with van der Waals surface area (Å²) in [6, 6.07) is 8.06. The van der Waals surface area contributed by atoms with Gasteiger partial charge in [0.1, 0.15) is 0 Å². The van der Waals surface area contributed by atoms with Crippen molar-refractivity contribution in [3.63, 3.8) is 0 Å². The second-order valence-electron chi connectivity index (χ2n) is 7.42. The van der Waals surface area contributed by atoms with Crippen LogP contribution in [-0.4, -0.2) is 30.3 Å². The molecule has 0 amide bonds. The van der Waals surface area contributed by atoms with E-state index in [4.69, 9.17) is 9.47 Å². The number of hydrogen-bond acceptors (Lipinski definition) is 3. The van der Waals surface area contributed by atoms with Crippen LogP contribution in [0.5, 0.6) is 11.5 Å². The van der Waals surface area contributed by atoms with Gasteiger partial charge in [-0.1, -0.05) is 38.2 Å². The number of nitrogens with zero attached hydrogens (tertiary/aromatic N) is 1. The van der Waals surface area contributed by atoms with Gasteiger partial charge in [-0.15, -0.1) is 0 Å². The number of ether oxygens (including phenoxy) is 2. The summed E-state index contributed by atoms with van der Waals surface area (Å²) in [6.45, 7) is 1.68.